The van der Waals surface area contributed by atoms with E-state index in [9.17, 15) is 0 Å². The quantitative estimate of drug-likeness (QED) is 0.635. The van der Waals surface area contributed by atoms with Gasteiger partial charge >= 0.3 is 0 Å². The number of nitrogens with one attached hydrogen (secondary N) is 1. The lowest BCUT2D eigenvalue weighted by Gasteiger charge is -2.21. The van der Waals surface area contributed by atoms with Crippen molar-refractivity contribution in [2.24, 2.45) is 5.92 Å². The molecule has 1 rings (SSSR count). The van der Waals surface area contributed by atoms with Crippen LogP contribution >= 0.6 is 0 Å². The summed E-state index contributed by atoms with van der Waals surface area (Å²) < 4.78 is 0. The number of anilines is 1. The Labute approximate surface area is 125 Å². The van der Waals surface area contributed by atoms with Crippen molar-refractivity contribution in [3.05, 3.63) is 29.8 Å². The van der Waals surface area contributed by atoms with E-state index >= 15 is 0 Å². The number of rotatable bonds is 10. The van der Waals surface area contributed by atoms with Crippen LogP contribution in [0, 0.1) is 5.92 Å². The van der Waals surface area contributed by atoms with Crippen LogP contribution < -0.4 is 10.2 Å². The van der Waals surface area contributed by atoms with Crippen molar-refractivity contribution in [2.45, 2.75) is 53.5 Å². The average Bonchev–Trinajstić information content (AvgIpc) is 2.45. The van der Waals surface area contributed by atoms with Crippen molar-refractivity contribution in [1.82, 2.24) is 5.32 Å². The van der Waals surface area contributed by atoms with Gasteiger partial charge in [-0.2, -0.15) is 0 Å². The molecule has 114 valence electrons. The van der Waals surface area contributed by atoms with Crippen LogP contribution in [-0.2, 0) is 6.54 Å². The van der Waals surface area contributed by atoms with E-state index in [0.29, 0.717) is 0 Å². The van der Waals surface area contributed by atoms with Gasteiger partial charge < -0.3 is 10.2 Å². The van der Waals surface area contributed by atoms with Crippen LogP contribution in [0.25, 0.3) is 0 Å². The van der Waals surface area contributed by atoms with Gasteiger partial charge in [-0.05, 0) is 50.4 Å². The topological polar surface area (TPSA) is 15.3 Å². The van der Waals surface area contributed by atoms with Gasteiger partial charge in [0.05, 0.1) is 0 Å². The molecule has 20 heavy (non-hydrogen) atoms. The Hall–Kier alpha value is -1.02. The van der Waals surface area contributed by atoms with E-state index in [0.717, 1.165) is 32.1 Å². The van der Waals surface area contributed by atoms with Gasteiger partial charge in [0, 0.05) is 25.3 Å². The molecule has 0 fully saturated rings. The highest BCUT2D eigenvalue weighted by Crippen LogP contribution is 2.14. The second kappa shape index (κ2) is 9.82. The number of benzene rings is 1. The molecule has 1 aromatic carbocycles. The summed E-state index contributed by atoms with van der Waals surface area (Å²) in [5.74, 6) is 0.836. The SMILES string of the molecule is CCN(CC)c1ccc(CNCCCCC(C)C)cc1. The highest BCUT2D eigenvalue weighted by Gasteiger charge is 2.01. The van der Waals surface area contributed by atoms with Gasteiger partial charge in [-0.15, -0.1) is 0 Å². The predicted octanol–water partition coefficient (Wildman–Crippen LogP) is 4.45. The molecule has 0 saturated carbocycles. The number of hydrogen-bond acceptors (Lipinski definition) is 2. The maximum atomic E-state index is 3.54. The highest BCUT2D eigenvalue weighted by atomic mass is 15.1. The van der Waals surface area contributed by atoms with Gasteiger partial charge in [-0.25, -0.2) is 0 Å². The third kappa shape index (κ3) is 6.42. The lowest BCUT2D eigenvalue weighted by molar-refractivity contribution is 0.520. The van der Waals surface area contributed by atoms with Gasteiger partial charge in [0.1, 0.15) is 0 Å². The van der Waals surface area contributed by atoms with Crippen molar-refractivity contribution in [3.8, 4) is 0 Å². The number of nitrogens with zero attached hydrogens (tertiary/aromatic N) is 1. The lowest BCUT2D eigenvalue weighted by Crippen LogP contribution is -2.21. The van der Waals surface area contributed by atoms with Crippen LogP contribution in [0.4, 0.5) is 5.69 Å². The summed E-state index contributed by atoms with van der Waals surface area (Å²) in [5.41, 5.74) is 2.71. The first-order valence-electron chi connectivity index (χ1n) is 8.22. The van der Waals surface area contributed by atoms with Crippen LogP contribution in [0.5, 0.6) is 0 Å². The molecule has 0 aliphatic carbocycles. The third-order valence-corrected chi connectivity index (χ3v) is 3.78. The summed E-state index contributed by atoms with van der Waals surface area (Å²) in [7, 11) is 0. The molecule has 0 saturated heterocycles. The van der Waals surface area contributed by atoms with Crippen LogP contribution in [0.3, 0.4) is 0 Å². The highest BCUT2D eigenvalue weighted by molar-refractivity contribution is 5.47. The van der Waals surface area contributed by atoms with Crippen LogP contribution in [-0.4, -0.2) is 19.6 Å². The zero-order valence-electron chi connectivity index (χ0n) is 13.8. The standard InChI is InChI=1S/C18H32N2/c1-5-20(6-2)18-12-10-17(11-13-18)15-19-14-8-7-9-16(3)4/h10-13,16,19H,5-9,14-15H2,1-4H3. The van der Waals surface area contributed by atoms with Gasteiger partial charge in [-0.3, -0.25) is 0 Å². The second-order valence-electron chi connectivity index (χ2n) is 5.91. The molecule has 0 amide bonds. The summed E-state index contributed by atoms with van der Waals surface area (Å²) >= 11 is 0. The first-order valence-corrected chi connectivity index (χ1v) is 8.22. The molecule has 0 aliphatic rings. The van der Waals surface area contributed by atoms with Crippen molar-refractivity contribution in [2.75, 3.05) is 24.5 Å². The van der Waals surface area contributed by atoms with E-state index in [4.69, 9.17) is 0 Å². The normalized spacial score (nSPS) is 11.1. The van der Waals surface area contributed by atoms with Crippen molar-refractivity contribution < 1.29 is 0 Å². The van der Waals surface area contributed by atoms with Gasteiger partial charge in [0.15, 0.2) is 0 Å². The molecule has 0 spiro atoms. The van der Waals surface area contributed by atoms with Crippen molar-refractivity contribution in [1.29, 1.82) is 0 Å². The molecule has 2 nitrogen and oxygen atoms in total. The number of unbranched alkanes of at least 4 members (excludes halogenated alkanes) is 1. The molecule has 2 heteroatoms. The van der Waals surface area contributed by atoms with Crippen LogP contribution in [0.2, 0.25) is 0 Å². The maximum absolute atomic E-state index is 3.54. The minimum absolute atomic E-state index is 0.836. The summed E-state index contributed by atoms with van der Waals surface area (Å²) in [6.45, 7) is 13.3. The minimum Gasteiger partial charge on any atom is -0.372 e. The summed E-state index contributed by atoms with van der Waals surface area (Å²) in [4.78, 5) is 2.38. The second-order valence-corrected chi connectivity index (χ2v) is 5.91. The average molecular weight is 276 g/mol. The zero-order valence-corrected chi connectivity index (χ0v) is 13.8. The Morgan fingerprint density at radius 1 is 1.00 bits per heavy atom. The Morgan fingerprint density at radius 2 is 1.65 bits per heavy atom. The fourth-order valence-corrected chi connectivity index (χ4v) is 2.45. The molecule has 0 aliphatic heterocycles. The van der Waals surface area contributed by atoms with E-state index in [1.165, 1.54) is 30.5 Å². The van der Waals surface area contributed by atoms with E-state index in [2.05, 4.69) is 62.2 Å². The largest absolute Gasteiger partial charge is 0.372 e. The molecule has 0 atom stereocenters. The van der Waals surface area contributed by atoms with Crippen LogP contribution in [0.1, 0.15) is 52.5 Å². The molecule has 0 radical (unpaired) electrons. The van der Waals surface area contributed by atoms with Gasteiger partial charge in [0.2, 0.25) is 0 Å². The summed E-state index contributed by atoms with van der Waals surface area (Å²) in [6, 6.07) is 8.97. The Balaban J connectivity index is 2.24. The first-order chi connectivity index (χ1) is 9.67. The monoisotopic (exact) mass is 276 g/mol. The van der Waals surface area contributed by atoms with Crippen LogP contribution in [0.15, 0.2) is 24.3 Å². The first kappa shape index (κ1) is 17.0. The molecular formula is C18H32N2. The Bertz CT molecular complexity index is 339. The smallest absolute Gasteiger partial charge is 0.0366 e. The minimum atomic E-state index is 0.836. The molecule has 0 unspecified atom stereocenters. The molecule has 0 heterocycles. The third-order valence-electron chi connectivity index (χ3n) is 3.78. The fourth-order valence-electron chi connectivity index (χ4n) is 2.45. The van der Waals surface area contributed by atoms with Gasteiger partial charge in [-0.1, -0.05) is 38.8 Å². The van der Waals surface area contributed by atoms with E-state index < -0.39 is 0 Å². The predicted molar refractivity (Wildman–Crippen MR) is 90.4 cm³/mol. The van der Waals surface area contributed by atoms with E-state index in [1.54, 1.807) is 0 Å². The Kier molecular flexibility index (Phi) is 8.36. The van der Waals surface area contributed by atoms with Gasteiger partial charge in [0.25, 0.3) is 0 Å². The molecule has 0 bridgehead atoms. The molecular weight excluding hydrogens is 244 g/mol. The summed E-state index contributed by atoms with van der Waals surface area (Å²) in [5, 5.41) is 3.54. The Morgan fingerprint density at radius 3 is 2.20 bits per heavy atom. The molecule has 1 N–H and O–H groups in total. The molecule has 0 aromatic heterocycles. The fraction of sp³-hybridized carbons (Fsp3) is 0.667. The maximum Gasteiger partial charge on any atom is 0.0366 e. The van der Waals surface area contributed by atoms with E-state index in [-0.39, 0.29) is 0 Å². The van der Waals surface area contributed by atoms with Crippen molar-refractivity contribution >= 4 is 5.69 Å². The van der Waals surface area contributed by atoms with Crippen molar-refractivity contribution in [3.63, 3.8) is 0 Å². The summed E-state index contributed by atoms with van der Waals surface area (Å²) in [6.07, 6.45) is 3.97. The zero-order chi connectivity index (χ0) is 14.8. The lowest BCUT2D eigenvalue weighted by atomic mass is 10.1. The molecule has 1 aromatic rings. The van der Waals surface area contributed by atoms with E-state index in [1.807, 2.05) is 0 Å². The number of hydrogen-bond donors (Lipinski definition) is 1.